The maximum Gasteiger partial charge on any atom is 0.127 e. The van der Waals surface area contributed by atoms with E-state index in [9.17, 15) is 4.39 Å². The van der Waals surface area contributed by atoms with Crippen molar-refractivity contribution in [3.05, 3.63) is 68.4 Å². The Kier molecular flexibility index (Phi) is 5.75. The van der Waals surface area contributed by atoms with Crippen LogP contribution in [-0.4, -0.2) is 13.1 Å². The second kappa shape index (κ2) is 7.34. The molecule has 0 saturated carbocycles. The van der Waals surface area contributed by atoms with Gasteiger partial charge in [0.25, 0.3) is 0 Å². The highest BCUT2D eigenvalue weighted by Crippen LogP contribution is 2.20. The molecule has 2 rings (SSSR count). The highest BCUT2D eigenvalue weighted by atomic mass is 79.9. The van der Waals surface area contributed by atoms with Crippen molar-refractivity contribution in [1.82, 2.24) is 5.32 Å². The Hall–Kier alpha value is -0.710. The average Bonchev–Trinajstić information content (AvgIpc) is 2.43. The molecule has 0 heterocycles. The zero-order valence-electron chi connectivity index (χ0n) is 11.2. The highest BCUT2D eigenvalue weighted by molar-refractivity contribution is 9.10. The van der Waals surface area contributed by atoms with E-state index in [1.54, 1.807) is 0 Å². The van der Waals surface area contributed by atoms with Crippen molar-refractivity contribution in [2.75, 3.05) is 7.05 Å². The summed E-state index contributed by atoms with van der Waals surface area (Å²) < 4.78 is 15.8. The maximum absolute atomic E-state index is 13.9. The van der Waals surface area contributed by atoms with Gasteiger partial charge in [-0.2, -0.15) is 0 Å². The molecule has 0 spiro atoms. The van der Waals surface area contributed by atoms with Crippen LogP contribution >= 0.6 is 31.9 Å². The molecule has 1 unspecified atom stereocenters. The van der Waals surface area contributed by atoms with Crippen molar-refractivity contribution < 1.29 is 4.39 Å². The Morgan fingerprint density at radius 3 is 2.40 bits per heavy atom. The number of rotatable bonds is 5. The van der Waals surface area contributed by atoms with Crippen LogP contribution in [-0.2, 0) is 12.8 Å². The van der Waals surface area contributed by atoms with Crippen molar-refractivity contribution in [2.45, 2.75) is 18.9 Å². The summed E-state index contributed by atoms with van der Waals surface area (Å²) in [4.78, 5) is 0. The van der Waals surface area contributed by atoms with Crippen LogP contribution in [0.25, 0.3) is 0 Å². The summed E-state index contributed by atoms with van der Waals surface area (Å²) in [5.74, 6) is -0.160. The fourth-order valence-corrected chi connectivity index (χ4v) is 2.94. The molecule has 1 atom stereocenters. The third-order valence-corrected chi connectivity index (χ3v) is 4.58. The van der Waals surface area contributed by atoms with Crippen LogP contribution in [0, 0.1) is 5.82 Å². The summed E-state index contributed by atoms with van der Waals surface area (Å²) in [6.07, 6.45) is 1.52. The van der Waals surface area contributed by atoms with Crippen LogP contribution in [0.5, 0.6) is 0 Å². The lowest BCUT2D eigenvalue weighted by atomic mass is 9.99. The predicted octanol–water partition coefficient (Wildman–Crippen LogP) is 4.72. The van der Waals surface area contributed by atoms with Crippen molar-refractivity contribution in [3.8, 4) is 0 Å². The predicted molar refractivity (Wildman–Crippen MR) is 88.5 cm³/mol. The lowest BCUT2D eigenvalue weighted by molar-refractivity contribution is 0.531. The normalized spacial score (nSPS) is 12.4. The highest BCUT2D eigenvalue weighted by Gasteiger charge is 2.13. The summed E-state index contributed by atoms with van der Waals surface area (Å²) >= 11 is 6.84. The summed E-state index contributed by atoms with van der Waals surface area (Å²) in [6.45, 7) is 0. The molecule has 0 bridgehead atoms. The Balaban J connectivity index is 2.11. The van der Waals surface area contributed by atoms with Crippen LogP contribution in [0.2, 0.25) is 0 Å². The van der Waals surface area contributed by atoms with Crippen LogP contribution in [0.1, 0.15) is 11.1 Å². The van der Waals surface area contributed by atoms with E-state index in [1.165, 1.54) is 11.6 Å². The zero-order chi connectivity index (χ0) is 14.5. The van der Waals surface area contributed by atoms with E-state index >= 15 is 0 Å². The third kappa shape index (κ3) is 4.14. The number of hydrogen-bond donors (Lipinski definition) is 1. The first-order valence-electron chi connectivity index (χ1n) is 6.44. The summed E-state index contributed by atoms with van der Waals surface area (Å²) in [5, 5.41) is 3.27. The number of halogens is 3. The molecule has 20 heavy (non-hydrogen) atoms. The Bertz CT molecular complexity index is 586. The van der Waals surface area contributed by atoms with Gasteiger partial charge in [0.1, 0.15) is 5.82 Å². The topological polar surface area (TPSA) is 12.0 Å². The van der Waals surface area contributed by atoms with E-state index in [2.05, 4.69) is 43.2 Å². The van der Waals surface area contributed by atoms with E-state index in [-0.39, 0.29) is 11.9 Å². The Morgan fingerprint density at radius 1 is 1.05 bits per heavy atom. The van der Waals surface area contributed by atoms with Gasteiger partial charge in [-0.15, -0.1) is 0 Å². The molecular weight excluding hydrogens is 385 g/mol. The number of benzene rings is 2. The van der Waals surface area contributed by atoms with Gasteiger partial charge in [-0.3, -0.25) is 0 Å². The Labute approximate surface area is 135 Å². The number of likely N-dealkylation sites (N-methyl/N-ethyl adjacent to an activating group) is 1. The Morgan fingerprint density at radius 2 is 1.75 bits per heavy atom. The molecule has 0 radical (unpaired) electrons. The molecule has 1 nitrogen and oxygen atoms in total. The molecule has 2 aromatic rings. The van der Waals surface area contributed by atoms with E-state index in [4.69, 9.17) is 0 Å². The molecule has 2 aromatic carbocycles. The van der Waals surface area contributed by atoms with Crippen molar-refractivity contribution in [2.24, 2.45) is 0 Å². The fraction of sp³-hybridized carbons (Fsp3) is 0.250. The van der Waals surface area contributed by atoms with Crippen molar-refractivity contribution in [3.63, 3.8) is 0 Å². The molecule has 1 N–H and O–H groups in total. The molecule has 0 amide bonds. The van der Waals surface area contributed by atoms with E-state index in [0.29, 0.717) is 6.42 Å². The molecule has 0 fully saturated rings. The molecular formula is C16H16Br2FN. The zero-order valence-corrected chi connectivity index (χ0v) is 14.3. The largest absolute Gasteiger partial charge is 0.316 e. The standard InChI is InChI=1S/C16H16Br2FN/c1-20-14(8-11-4-2-3-5-15(11)18)9-12-6-7-13(17)10-16(12)19/h2-7,10,14,20H,8-9H2,1H3. The van der Waals surface area contributed by atoms with E-state index < -0.39 is 0 Å². The van der Waals surface area contributed by atoms with Gasteiger partial charge < -0.3 is 5.32 Å². The molecule has 0 aliphatic rings. The van der Waals surface area contributed by atoms with Gasteiger partial charge in [0.05, 0.1) is 0 Å². The van der Waals surface area contributed by atoms with Crippen LogP contribution in [0.15, 0.2) is 51.4 Å². The van der Waals surface area contributed by atoms with E-state index in [0.717, 1.165) is 20.9 Å². The minimum absolute atomic E-state index is 0.160. The van der Waals surface area contributed by atoms with Crippen molar-refractivity contribution >= 4 is 31.9 Å². The number of nitrogens with one attached hydrogen (secondary N) is 1. The van der Waals surface area contributed by atoms with Gasteiger partial charge in [-0.1, -0.05) is 56.1 Å². The molecule has 106 valence electrons. The van der Waals surface area contributed by atoms with Crippen LogP contribution in [0.3, 0.4) is 0 Å². The van der Waals surface area contributed by atoms with Crippen molar-refractivity contribution in [1.29, 1.82) is 0 Å². The van der Waals surface area contributed by atoms with Gasteiger partial charge in [0.2, 0.25) is 0 Å². The van der Waals surface area contributed by atoms with Crippen LogP contribution in [0.4, 0.5) is 4.39 Å². The van der Waals surface area contributed by atoms with Gasteiger partial charge in [-0.05, 0) is 49.2 Å². The van der Waals surface area contributed by atoms with Gasteiger partial charge in [-0.25, -0.2) is 4.39 Å². The minimum atomic E-state index is -0.160. The first kappa shape index (κ1) is 15.7. The lowest BCUT2D eigenvalue weighted by Gasteiger charge is -2.17. The monoisotopic (exact) mass is 399 g/mol. The minimum Gasteiger partial charge on any atom is -0.316 e. The summed E-state index contributed by atoms with van der Waals surface area (Å²) in [6, 6.07) is 13.6. The van der Waals surface area contributed by atoms with Gasteiger partial charge in [0, 0.05) is 15.0 Å². The fourth-order valence-electron chi connectivity index (χ4n) is 2.16. The summed E-state index contributed by atoms with van der Waals surface area (Å²) in [5.41, 5.74) is 1.96. The second-order valence-electron chi connectivity index (χ2n) is 4.72. The SMILES string of the molecule is CNC(Cc1ccc(Br)cc1F)Cc1ccccc1Br. The number of hydrogen-bond acceptors (Lipinski definition) is 1. The molecule has 0 aromatic heterocycles. The van der Waals surface area contributed by atoms with E-state index in [1.807, 2.05) is 37.4 Å². The first-order valence-corrected chi connectivity index (χ1v) is 8.03. The quantitative estimate of drug-likeness (QED) is 0.765. The average molecular weight is 401 g/mol. The van der Waals surface area contributed by atoms with Gasteiger partial charge in [0.15, 0.2) is 0 Å². The maximum atomic E-state index is 13.9. The molecule has 4 heteroatoms. The molecule has 0 aliphatic heterocycles. The third-order valence-electron chi connectivity index (χ3n) is 3.31. The summed E-state index contributed by atoms with van der Waals surface area (Å²) in [7, 11) is 1.91. The molecule has 0 aliphatic carbocycles. The second-order valence-corrected chi connectivity index (χ2v) is 6.49. The first-order chi connectivity index (χ1) is 9.60. The van der Waals surface area contributed by atoms with Gasteiger partial charge >= 0.3 is 0 Å². The lowest BCUT2D eigenvalue weighted by Crippen LogP contribution is -2.30. The smallest absolute Gasteiger partial charge is 0.127 e. The molecule has 0 saturated heterocycles. The van der Waals surface area contributed by atoms with Crippen LogP contribution < -0.4 is 5.32 Å².